The number of methoxy groups -OCH3 is 2. The van der Waals surface area contributed by atoms with Crippen molar-refractivity contribution in [1.29, 1.82) is 0 Å². The van der Waals surface area contributed by atoms with Crippen LogP contribution < -0.4 is 9.47 Å². The van der Waals surface area contributed by atoms with Gasteiger partial charge in [-0.05, 0) is 37.0 Å². The van der Waals surface area contributed by atoms with Gasteiger partial charge in [0.15, 0.2) is 0 Å². The molecule has 3 nitrogen and oxygen atoms in total. The first kappa shape index (κ1) is 15.2. The maximum Gasteiger partial charge on any atom is 0.124 e. The van der Waals surface area contributed by atoms with Crippen LogP contribution in [0.2, 0.25) is 0 Å². The van der Waals surface area contributed by atoms with Crippen molar-refractivity contribution in [1.82, 2.24) is 0 Å². The van der Waals surface area contributed by atoms with Crippen molar-refractivity contribution in [2.45, 2.75) is 51.0 Å². The average Bonchev–Trinajstić information content (AvgIpc) is 2.52. The summed E-state index contributed by atoms with van der Waals surface area (Å²) in [5, 5.41) is 10.4. The van der Waals surface area contributed by atoms with Crippen LogP contribution in [0.15, 0.2) is 18.2 Å². The highest BCUT2D eigenvalue weighted by Crippen LogP contribution is 2.34. The van der Waals surface area contributed by atoms with Crippen LogP contribution in [0.4, 0.5) is 0 Å². The zero-order valence-corrected chi connectivity index (χ0v) is 12.6. The van der Waals surface area contributed by atoms with Crippen LogP contribution in [-0.2, 0) is 0 Å². The number of ether oxygens (including phenoxy) is 2. The molecule has 0 saturated heterocycles. The minimum atomic E-state index is -0.470. The van der Waals surface area contributed by atoms with E-state index < -0.39 is 6.10 Å². The number of benzene rings is 1. The Morgan fingerprint density at radius 3 is 2.55 bits per heavy atom. The molecule has 0 heterocycles. The Labute approximate surface area is 121 Å². The van der Waals surface area contributed by atoms with Crippen molar-refractivity contribution < 1.29 is 14.6 Å². The van der Waals surface area contributed by atoms with Crippen LogP contribution >= 0.6 is 0 Å². The molecule has 1 unspecified atom stereocenters. The molecule has 1 saturated carbocycles. The number of rotatable bonds is 6. The number of hydrogen-bond acceptors (Lipinski definition) is 3. The van der Waals surface area contributed by atoms with E-state index in [4.69, 9.17) is 9.47 Å². The van der Waals surface area contributed by atoms with Crippen LogP contribution in [-0.4, -0.2) is 19.3 Å². The summed E-state index contributed by atoms with van der Waals surface area (Å²) in [5.74, 6) is 2.29. The molecule has 1 aliphatic rings. The summed E-state index contributed by atoms with van der Waals surface area (Å²) in [7, 11) is 3.28. The first-order valence-electron chi connectivity index (χ1n) is 7.64. The molecular formula is C17H26O3. The molecular weight excluding hydrogens is 252 g/mol. The molecule has 0 radical (unpaired) electrons. The molecule has 0 aliphatic heterocycles. The molecule has 0 spiro atoms. The van der Waals surface area contributed by atoms with E-state index in [0.29, 0.717) is 0 Å². The van der Waals surface area contributed by atoms with E-state index in [9.17, 15) is 5.11 Å². The Bertz CT molecular complexity index is 411. The molecule has 0 aromatic heterocycles. The highest BCUT2D eigenvalue weighted by atomic mass is 16.5. The monoisotopic (exact) mass is 278 g/mol. The van der Waals surface area contributed by atoms with E-state index in [-0.39, 0.29) is 0 Å². The Morgan fingerprint density at radius 2 is 1.90 bits per heavy atom. The van der Waals surface area contributed by atoms with Crippen LogP contribution in [0.25, 0.3) is 0 Å². The van der Waals surface area contributed by atoms with Gasteiger partial charge in [-0.1, -0.05) is 32.1 Å². The van der Waals surface area contributed by atoms with Crippen molar-refractivity contribution in [3.05, 3.63) is 23.8 Å². The molecule has 1 atom stereocenters. The van der Waals surface area contributed by atoms with Crippen molar-refractivity contribution in [2.75, 3.05) is 14.2 Å². The van der Waals surface area contributed by atoms with Crippen molar-refractivity contribution in [3.63, 3.8) is 0 Å². The second-order valence-electron chi connectivity index (χ2n) is 5.71. The summed E-state index contributed by atoms with van der Waals surface area (Å²) in [6.07, 6.45) is 8.15. The third-order valence-corrected chi connectivity index (χ3v) is 4.37. The highest BCUT2D eigenvalue weighted by Gasteiger charge is 2.18. The van der Waals surface area contributed by atoms with Gasteiger partial charge in [0, 0.05) is 5.56 Å². The van der Waals surface area contributed by atoms with Gasteiger partial charge in [-0.2, -0.15) is 0 Å². The number of aliphatic hydroxyl groups excluding tert-OH is 1. The summed E-state index contributed by atoms with van der Waals surface area (Å²) in [6, 6.07) is 5.60. The Hall–Kier alpha value is -1.22. The predicted octanol–water partition coefficient (Wildman–Crippen LogP) is 4.10. The zero-order valence-electron chi connectivity index (χ0n) is 12.6. The molecule has 1 aromatic carbocycles. The summed E-state index contributed by atoms with van der Waals surface area (Å²) < 4.78 is 10.6. The van der Waals surface area contributed by atoms with Gasteiger partial charge in [-0.25, -0.2) is 0 Å². The van der Waals surface area contributed by atoms with Gasteiger partial charge in [0.05, 0.1) is 20.3 Å². The van der Waals surface area contributed by atoms with Gasteiger partial charge in [-0.15, -0.1) is 0 Å². The molecule has 112 valence electrons. The first-order chi connectivity index (χ1) is 9.74. The maximum atomic E-state index is 10.4. The summed E-state index contributed by atoms with van der Waals surface area (Å²) >= 11 is 0. The molecule has 0 amide bonds. The van der Waals surface area contributed by atoms with Gasteiger partial charge in [0.1, 0.15) is 11.5 Å². The third kappa shape index (κ3) is 3.89. The van der Waals surface area contributed by atoms with Gasteiger partial charge in [-0.3, -0.25) is 0 Å². The average molecular weight is 278 g/mol. The second kappa shape index (κ2) is 7.53. The summed E-state index contributed by atoms with van der Waals surface area (Å²) in [4.78, 5) is 0. The number of hydrogen-bond donors (Lipinski definition) is 1. The van der Waals surface area contributed by atoms with Crippen molar-refractivity contribution >= 4 is 0 Å². The molecule has 1 aromatic rings. The normalized spacial score (nSPS) is 17.8. The van der Waals surface area contributed by atoms with Crippen molar-refractivity contribution in [2.24, 2.45) is 5.92 Å². The van der Waals surface area contributed by atoms with E-state index in [2.05, 4.69) is 0 Å². The largest absolute Gasteiger partial charge is 0.497 e. The Kier molecular flexibility index (Phi) is 5.72. The highest BCUT2D eigenvalue weighted by molar-refractivity contribution is 5.41. The van der Waals surface area contributed by atoms with Gasteiger partial charge < -0.3 is 14.6 Å². The van der Waals surface area contributed by atoms with Crippen LogP contribution in [0.5, 0.6) is 11.5 Å². The quantitative estimate of drug-likeness (QED) is 0.851. The molecule has 20 heavy (non-hydrogen) atoms. The topological polar surface area (TPSA) is 38.7 Å². The lowest BCUT2D eigenvalue weighted by Gasteiger charge is -2.23. The molecule has 1 aliphatic carbocycles. The lowest BCUT2D eigenvalue weighted by molar-refractivity contribution is 0.147. The molecule has 2 rings (SSSR count). The zero-order chi connectivity index (χ0) is 14.4. The van der Waals surface area contributed by atoms with E-state index in [1.807, 2.05) is 18.2 Å². The number of aliphatic hydroxyl groups is 1. The van der Waals surface area contributed by atoms with E-state index in [0.717, 1.165) is 35.8 Å². The van der Waals surface area contributed by atoms with E-state index in [1.54, 1.807) is 14.2 Å². The standard InChI is InChI=1S/C17H26O3/c1-19-14-9-11-17(20-2)15(12-14)16(18)10-8-13-6-4-3-5-7-13/h9,11-13,16,18H,3-8,10H2,1-2H3. The summed E-state index contributed by atoms with van der Waals surface area (Å²) in [5.41, 5.74) is 0.836. The van der Waals surface area contributed by atoms with Crippen LogP contribution in [0, 0.1) is 5.92 Å². The molecule has 1 N–H and O–H groups in total. The fraction of sp³-hybridized carbons (Fsp3) is 0.647. The van der Waals surface area contributed by atoms with Crippen molar-refractivity contribution in [3.8, 4) is 11.5 Å². The smallest absolute Gasteiger partial charge is 0.124 e. The molecule has 1 fully saturated rings. The minimum absolute atomic E-state index is 0.470. The fourth-order valence-corrected chi connectivity index (χ4v) is 3.12. The van der Waals surface area contributed by atoms with Gasteiger partial charge in [0.25, 0.3) is 0 Å². The van der Waals surface area contributed by atoms with Crippen LogP contribution in [0.1, 0.15) is 56.6 Å². The first-order valence-corrected chi connectivity index (χ1v) is 7.64. The third-order valence-electron chi connectivity index (χ3n) is 4.37. The maximum absolute atomic E-state index is 10.4. The summed E-state index contributed by atoms with van der Waals surface area (Å²) in [6.45, 7) is 0. The Morgan fingerprint density at radius 1 is 1.15 bits per heavy atom. The van der Waals surface area contributed by atoms with Crippen LogP contribution in [0.3, 0.4) is 0 Å². The van der Waals surface area contributed by atoms with Gasteiger partial charge in [0.2, 0.25) is 0 Å². The predicted molar refractivity (Wildman–Crippen MR) is 80.3 cm³/mol. The lowest BCUT2D eigenvalue weighted by Crippen LogP contribution is -2.09. The van der Waals surface area contributed by atoms with E-state index in [1.165, 1.54) is 32.1 Å². The molecule has 0 bridgehead atoms. The molecule has 3 heteroatoms. The lowest BCUT2D eigenvalue weighted by atomic mass is 9.85. The van der Waals surface area contributed by atoms with Gasteiger partial charge >= 0.3 is 0 Å². The van der Waals surface area contributed by atoms with E-state index >= 15 is 0 Å². The second-order valence-corrected chi connectivity index (χ2v) is 5.71. The fourth-order valence-electron chi connectivity index (χ4n) is 3.12. The SMILES string of the molecule is COc1ccc(OC)c(C(O)CCC2CCCCC2)c1. The Balaban J connectivity index is 1.98. The minimum Gasteiger partial charge on any atom is -0.497 e.